The molecule has 1 aromatic carbocycles. The van der Waals surface area contributed by atoms with Gasteiger partial charge in [-0.3, -0.25) is 0 Å². The van der Waals surface area contributed by atoms with Gasteiger partial charge in [0.2, 0.25) is 0 Å². The van der Waals surface area contributed by atoms with Crippen LogP contribution >= 0.6 is 0 Å². The highest BCUT2D eigenvalue weighted by atomic mass is 16.5. The maximum absolute atomic E-state index is 10.6. The van der Waals surface area contributed by atoms with Gasteiger partial charge in [0.25, 0.3) is 0 Å². The first-order valence-corrected chi connectivity index (χ1v) is 3.93. The molecule has 6 heteroatoms. The van der Waals surface area contributed by atoms with E-state index >= 15 is 0 Å². The zero-order chi connectivity index (χ0) is 11.4. The van der Waals surface area contributed by atoms with Gasteiger partial charge < -0.3 is 20.2 Å². The molecule has 0 aliphatic heterocycles. The van der Waals surface area contributed by atoms with Crippen molar-refractivity contribution in [3.63, 3.8) is 0 Å². The number of phenolic OH excluding ortho intramolecular Hbond substituents is 1. The average Bonchev–Trinajstić information content (AvgIpc) is 2.21. The topological polar surface area (TPSA) is 99.4 Å². The fraction of sp³-hybridized carbons (Fsp3) is 0.111. The Balaban J connectivity index is 3.21. The number of benzene rings is 1. The van der Waals surface area contributed by atoms with Crippen LogP contribution in [0.15, 0.2) is 23.4 Å². The molecule has 0 heterocycles. The average molecular weight is 211 g/mol. The number of methoxy groups -OCH3 is 1. The van der Waals surface area contributed by atoms with E-state index in [9.17, 15) is 9.90 Å². The SMILES string of the molecule is COc1cc(/C(=N\O)C(=O)O)ccc1O. The predicted molar refractivity (Wildman–Crippen MR) is 50.6 cm³/mol. The van der Waals surface area contributed by atoms with E-state index < -0.39 is 11.7 Å². The number of hydrogen-bond donors (Lipinski definition) is 3. The second-order valence-corrected chi connectivity index (χ2v) is 2.64. The Kier molecular flexibility index (Phi) is 3.12. The van der Waals surface area contributed by atoms with Crippen molar-refractivity contribution >= 4 is 11.7 Å². The normalized spacial score (nSPS) is 11.1. The summed E-state index contributed by atoms with van der Waals surface area (Å²) in [5.74, 6) is -1.39. The molecule has 0 unspecified atom stereocenters. The van der Waals surface area contributed by atoms with Gasteiger partial charge in [0, 0.05) is 5.56 Å². The van der Waals surface area contributed by atoms with Crippen molar-refractivity contribution in [3.05, 3.63) is 23.8 Å². The van der Waals surface area contributed by atoms with Gasteiger partial charge in [-0.15, -0.1) is 0 Å². The van der Waals surface area contributed by atoms with Crippen LogP contribution in [0.4, 0.5) is 0 Å². The Bertz CT molecular complexity index is 413. The van der Waals surface area contributed by atoms with Crippen molar-refractivity contribution in [2.24, 2.45) is 5.16 Å². The summed E-state index contributed by atoms with van der Waals surface area (Å²) in [6, 6.07) is 3.82. The Morgan fingerprint density at radius 1 is 1.47 bits per heavy atom. The third kappa shape index (κ3) is 2.16. The molecule has 0 spiro atoms. The molecule has 0 aliphatic carbocycles. The van der Waals surface area contributed by atoms with Gasteiger partial charge in [0.05, 0.1) is 7.11 Å². The fourth-order valence-electron chi connectivity index (χ4n) is 1.05. The van der Waals surface area contributed by atoms with Crippen LogP contribution in [-0.4, -0.2) is 34.2 Å². The van der Waals surface area contributed by atoms with Gasteiger partial charge in [0.1, 0.15) is 0 Å². The van der Waals surface area contributed by atoms with Crippen LogP contribution in [0.1, 0.15) is 5.56 Å². The number of aromatic hydroxyl groups is 1. The Hall–Kier alpha value is -2.24. The molecule has 0 aliphatic rings. The van der Waals surface area contributed by atoms with E-state index in [-0.39, 0.29) is 17.1 Å². The summed E-state index contributed by atoms with van der Waals surface area (Å²) in [6.07, 6.45) is 0. The molecule has 15 heavy (non-hydrogen) atoms. The second kappa shape index (κ2) is 4.32. The van der Waals surface area contributed by atoms with Gasteiger partial charge in [-0.1, -0.05) is 5.16 Å². The molecule has 0 saturated heterocycles. The van der Waals surface area contributed by atoms with Crippen molar-refractivity contribution in [2.45, 2.75) is 0 Å². The summed E-state index contributed by atoms with van der Waals surface area (Å²) >= 11 is 0. The summed E-state index contributed by atoms with van der Waals surface area (Å²) in [4.78, 5) is 10.6. The summed E-state index contributed by atoms with van der Waals surface area (Å²) < 4.78 is 4.78. The standard InChI is InChI=1S/C9H9NO5/c1-15-7-4-5(2-3-6(7)11)8(10-14)9(12)13/h2-4,11,14H,1H3,(H,12,13)/b10-8+. The molecule has 0 amide bonds. The van der Waals surface area contributed by atoms with Crippen LogP contribution in [0, 0.1) is 0 Å². The highest BCUT2D eigenvalue weighted by Gasteiger charge is 2.15. The molecule has 1 rings (SSSR count). The Labute approximate surface area is 85.0 Å². The first-order chi connectivity index (χ1) is 7.10. The van der Waals surface area contributed by atoms with Gasteiger partial charge in [0.15, 0.2) is 17.2 Å². The lowest BCUT2D eigenvalue weighted by Crippen LogP contribution is -2.14. The number of hydrogen-bond acceptors (Lipinski definition) is 5. The fourth-order valence-corrected chi connectivity index (χ4v) is 1.05. The number of aliphatic carboxylic acids is 1. The minimum atomic E-state index is -1.37. The number of phenols is 1. The minimum Gasteiger partial charge on any atom is -0.504 e. The lowest BCUT2D eigenvalue weighted by molar-refractivity contribution is -0.129. The van der Waals surface area contributed by atoms with Crippen molar-refractivity contribution in [1.29, 1.82) is 0 Å². The molecule has 6 nitrogen and oxygen atoms in total. The third-order valence-electron chi connectivity index (χ3n) is 1.76. The van der Waals surface area contributed by atoms with E-state index in [1.807, 2.05) is 0 Å². The Morgan fingerprint density at radius 3 is 2.60 bits per heavy atom. The summed E-state index contributed by atoms with van der Waals surface area (Å²) in [5.41, 5.74) is -0.382. The van der Waals surface area contributed by atoms with Crippen LogP contribution in [0.5, 0.6) is 11.5 Å². The third-order valence-corrected chi connectivity index (χ3v) is 1.76. The van der Waals surface area contributed by atoms with Gasteiger partial charge in [-0.25, -0.2) is 4.79 Å². The number of carboxylic acids is 1. The molecule has 80 valence electrons. The van der Waals surface area contributed by atoms with Gasteiger partial charge >= 0.3 is 5.97 Å². The van der Waals surface area contributed by atoms with Crippen LogP contribution in [0.25, 0.3) is 0 Å². The summed E-state index contributed by atoms with van der Waals surface area (Å²) in [5, 5.41) is 29.0. The van der Waals surface area contributed by atoms with E-state index in [4.69, 9.17) is 15.1 Å². The Morgan fingerprint density at radius 2 is 2.13 bits per heavy atom. The number of carboxylic acid groups (broad SMARTS) is 1. The van der Waals surface area contributed by atoms with Crippen molar-refractivity contribution in [1.82, 2.24) is 0 Å². The molecule has 0 fully saturated rings. The molecular weight excluding hydrogens is 202 g/mol. The first-order valence-electron chi connectivity index (χ1n) is 3.93. The van der Waals surface area contributed by atoms with E-state index in [0.29, 0.717) is 0 Å². The number of nitrogens with zero attached hydrogens (tertiary/aromatic N) is 1. The highest BCUT2D eigenvalue weighted by molar-refractivity contribution is 6.42. The second-order valence-electron chi connectivity index (χ2n) is 2.64. The zero-order valence-corrected chi connectivity index (χ0v) is 7.84. The van der Waals surface area contributed by atoms with E-state index in [1.165, 1.54) is 25.3 Å². The number of oxime groups is 1. The number of ether oxygens (including phenoxy) is 1. The predicted octanol–water partition coefficient (Wildman–Crippen LogP) is 0.664. The molecule has 3 N–H and O–H groups in total. The van der Waals surface area contributed by atoms with Crippen molar-refractivity contribution < 1.29 is 25.0 Å². The van der Waals surface area contributed by atoms with E-state index in [2.05, 4.69) is 5.16 Å². The molecule has 0 saturated carbocycles. The number of carbonyl (C=O) groups is 1. The minimum absolute atomic E-state index is 0.106. The van der Waals surface area contributed by atoms with Gasteiger partial charge in [-0.2, -0.15) is 0 Å². The first kappa shape index (κ1) is 10.8. The van der Waals surface area contributed by atoms with E-state index in [0.717, 1.165) is 0 Å². The maximum atomic E-state index is 10.6. The molecule has 0 radical (unpaired) electrons. The lowest BCUT2D eigenvalue weighted by atomic mass is 10.1. The van der Waals surface area contributed by atoms with Gasteiger partial charge in [-0.05, 0) is 18.2 Å². The van der Waals surface area contributed by atoms with Crippen LogP contribution in [0.3, 0.4) is 0 Å². The number of rotatable bonds is 3. The molecule has 1 aromatic rings. The highest BCUT2D eigenvalue weighted by Crippen LogP contribution is 2.26. The van der Waals surface area contributed by atoms with Crippen molar-refractivity contribution in [2.75, 3.05) is 7.11 Å². The largest absolute Gasteiger partial charge is 0.504 e. The zero-order valence-electron chi connectivity index (χ0n) is 7.84. The molecule has 0 bridgehead atoms. The molecule has 0 atom stereocenters. The van der Waals surface area contributed by atoms with Crippen LogP contribution in [0.2, 0.25) is 0 Å². The monoisotopic (exact) mass is 211 g/mol. The maximum Gasteiger partial charge on any atom is 0.358 e. The van der Waals surface area contributed by atoms with E-state index in [1.54, 1.807) is 0 Å². The van der Waals surface area contributed by atoms with Crippen molar-refractivity contribution in [3.8, 4) is 11.5 Å². The van der Waals surface area contributed by atoms with Crippen LogP contribution in [-0.2, 0) is 4.79 Å². The molecule has 0 aromatic heterocycles. The van der Waals surface area contributed by atoms with Crippen LogP contribution < -0.4 is 4.74 Å². The lowest BCUT2D eigenvalue weighted by Gasteiger charge is -2.05. The molecular formula is C9H9NO5. The summed E-state index contributed by atoms with van der Waals surface area (Å²) in [7, 11) is 1.33. The quantitative estimate of drug-likeness (QED) is 0.387. The smallest absolute Gasteiger partial charge is 0.358 e. The summed E-state index contributed by atoms with van der Waals surface area (Å²) in [6.45, 7) is 0.